The molecule has 1 atom stereocenters. The average Bonchev–Trinajstić information content (AvgIpc) is 2.73. The first kappa shape index (κ1) is 12.6. The summed E-state index contributed by atoms with van der Waals surface area (Å²) in [5, 5.41) is 9.34. The topological polar surface area (TPSA) is 75.4 Å². The van der Waals surface area contributed by atoms with E-state index in [2.05, 4.69) is 4.98 Å². The Morgan fingerprint density at radius 1 is 1.61 bits per heavy atom. The van der Waals surface area contributed by atoms with Gasteiger partial charge in [0, 0.05) is 25.5 Å². The summed E-state index contributed by atoms with van der Waals surface area (Å²) in [5.41, 5.74) is -1.26. The van der Waals surface area contributed by atoms with Crippen LogP contribution in [-0.4, -0.2) is 32.7 Å². The van der Waals surface area contributed by atoms with Gasteiger partial charge in [-0.2, -0.15) is 0 Å². The average molecular weight is 251 g/mol. The first-order valence-corrected chi connectivity index (χ1v) is 6.07. The van der Waals surface area contributed by atoms with E-state index >= 15 is 0 Å². The molecule has 1 unspecified atom stereocenters. The van der Waals surface area contributed by atoms with E-state index in [0.717, 1.165) is 6.42 Å². The third-order valence-electron chi connectivity index (χ3n) is 3.59. The van der Waals surface area contributed by atoms with Crippen molar-refractivity contribution in [3.63, 3.8) is 0 Å². The van der Waals surface area contributed by atoms with Crippen molar-refractivity contribution >= 4 is 11.8 Å². The molecule has 2 rings (SSSR count). The Labute approximate surface area is 105 Å². The largest absolute Gasteiger partial charge is 0.480 e. The van der Waals surface area contributed by atoms with Gasteiger partial charge in [-0.05, 0) is 26.7 Å². The van der Waals surface area contributed by atoms with Gasteiger partial charge in [0.15, 0.2) is 5.82 Å². The Morgan fingerprint density at radius 2 is 2.33 bits per heavy atom. The summed E-state index contributed by atoms with van der Waals surface area (Å²) >= 11 is 0. The van der Waals surface area contributed by atoms with Crippen LogP contribution in [0.4, 0.5) is 5.82 Å². The lowest BCUT2D eigenvalue weighted by molar-refractivity contribution is -0.142. The molecule has 1 aliphatic rings. The van der Waals surface area contributed by atoms with Gasteiger partial charge in [-0.25, -0.2) is 9.78 Å². The number of carbonyl (C=O) groups is 1. The molecule has 18 heavy (non-hydrogen) atoms. The highest BCUT2D eigenvalue weighted by Crippen LogP contribution is 2.31. The van der Waals surface area contributed by atoms with E-state index in [1.54, 1.807) is 24.2 Å². The molecule has 0 radical (unpaired) electrons. The van der Waals surface area contributed by atoms with E-state index in [0.29, 0.717) is 19.5 Å². The number of anilines is 1. The third-order valence-corrected chi connectivity index (χ3v) is 3.59. The summed E-state index contributed by atoms with van der Waals surface area (Å²) in [6, 6.07) is 0. The van der Waals surface area contributed by atoms with Crippen LogP contribution in [-0.2, 0) is 11.3 Å². The Morgan fingerprint density at radius 3 is 2.94 bits per heavy atom. The number of carboxylic acids is 1. The minimum absolute atomic E-state index is 0.227. The van der Waals surface area contributed by atoms with Gasteiger partial charge < -0.3 is 14.6 Å². The molecule has 6 heteroatoms. The van der Waals surface area contributed by atoms with Crippen molar-refractivity contribution in [2.75, 3.05) is 11.4 Å². The van der Waals surface area contributed by atoms with Gasteiger partial charge in [-0.3, -0.25) is 4.79 Å². The van der Waals surface area contributed by atoms with Gasteiger partial charge in [0.1, 0.15) is 5.54 Å². The lowest BCUT2D eigenvalue weighted by Crippen LogP contribution is -2.50. The summed E-state index contributed by atoms with van der Waals surface area (Å²) in [7, 11) is 0. The smallest absolute Gasteiger partial charge is 0.329 e. The number of aliphatic carboxylic acids is 1. The number of carboxylic acid groups (broad SMARTS) is 1. The normalized spacial score (nSPS) is 23.3. The fourth-order valence-corrected chi connectivity index (χ4v) is 2.40. The summed E-state index contributed by atoms with van der Waals surface area (Å²) in [6.45, 7) is 4.61. The van der Waals surface area contributed by atoms with Crippen LogP contribution in [0.1, 0.15) is 26.7 Å². The minimum atomic E-state index is -1.03. The van der Waals surface area contributed by atoms with Crippen LogP contribution in [0.15, 0.2) is 17.2 Å². The van der Waals surface area contributed by atoms with Gasteiger partial charge in [0.05, 0.1) is 0 Å². The Kier molecular flexibility index (Phi) is 3.11. The highest BCUT2D eigenvalue weighted by molar-refractivity contribution is 5.83. The van der Waals surface area contributed by atoms with Crippen molar-refractivity contribution in [1.29, 1.82) is 0 Å². The number of aryl methyl sites for hydroxylation is 1. The van der Waals surface area contributed by atoms with Gasteiger partial charge in [-0.15, -0.1) is 0 Å². The summed E-state index contributed by atoms with van der Waals surface area (Å²) in [4.78, 5) is 29.2. The number of aromatic nitrogens is 2. The molecule has 1 aromatic heterocycles. The molecule has 2 heterocycles. The van der Waals surface area contributed by atoms with Crippen LogP contribution < -0.4 is 10.5 Å². The molecule has 0 bridgehead atoms. The van der Waals surface area contributed by atoms with E-state index in [9.17, 15) is 14.7 Å². The number of nitrogens with zero attached hydrogens (tertiary/aromatic N) is 3. The van der Waals surface area contributed by atoms with Crippen LogP contribution in [0.3, 0.4) is 0 Å². The number of hydrogen-bond donors (Lipinski definition) is 1. The molecule has 1 saturated heterocycles. The second-order valence-electron chi connectivity index (χ2n) is 4.68. The van der Waals surface area contributed by atoms with Crippen LogP contribution in [0.5, 0.6) is 0 Å². The van der Waals surface area contributed by atoms with Gasteiger partial charge in [0.2, 0.25) is 0 Å². The lowest BCUT2D eigenvalue weighted by Gasteiger charge is -2.31. The molecule has 1 fully saturated rings. The summed E-state index contributed by atoms with van der Waals surface area (Å²) in [6.07, 6.45) is 4.44. The van der Waals surface area contributed by atoms with E-state index in [1.165, 1.54) is 4.57 Å². The van der Waals surface area contributed by atoms with E-state index in [1.807, 2.05) is 6.92 Å². The van der Waals surface area contributed by atoms with Crippen molar-refractivity contribution < 1.29 is 9.90 Å². The van der Waals surface area contributed by atoms with Gasteiger partial charge in [0.25, 0.3) is 5.56 Å². The standard InChI is InChI=1S/C12H17N3O3/c1-3-14-8-6-13-9(10(14)16)15-7-4-5-12(15,2)11(17)18/h6,8H,3-5,7H2,1-2H3,(H,17,18). The maximum Gasteiger partial charge on any atom is 0.329 e. The molecule has 1 aromatic rings. The van der Waals surface area contributed by atoms with Crippen LogP contribution in [0.25, 0.3) is 0 Å². The van der Waals surface area contributed by atoms with Gasteiger partial charge in [-0.1, -0.05) is 0 Å². The van der Waals surface area contributed by atoms with Crippen LogP contribution in [0.2, 0.25) is 0 Å². The van der Waals surface area contributed by atoms with Gasteiger partial charge >= 0.3 is 5.97 Å². The first-order valence-electron chi connectivity index (χ1n) is 6.07. The van der Waals surface area contributed by atoms with Crippen molar-refractivity contribution in [1.82, 2.24) is 9.55 Å². The van der Waals surface area contributed by atoms with E-state index in [4.69, 9.17) is 0 Å². The molecule has 6 nitrogen and oxygen atoms in total. The molecule has 0 amide bonds. The molecular weight excluding hydrogens is 234 g/mol. The predicted octanol–water partition coefficient (Wildman–Crippen LogP) is 0.707. The second kappa shape index (κ2) is 4.44. The Bertz CT molecular complexity index is 526. The molecule has 98 valence electrons. The van der Waals surface area contributed by atoms with Crippen molar-refractivity contribution in [3.8, 4) is 0 Å². The highest BCUT2D eigenvalue weighted by Gasteiger charge is 2.45. The third kappa shape index (κ3) is 1.77. The minimum Gasteiger partial charge on any atom is -0.480 e. The molecular formula is C12H17N3O3. The maximum atomic E-state index is 12.2. The van der Waals surface area contributed by atoms with E-state index < -0.39 is 11.5 Å². The second-order valence-corrected chi connectivity index (χ2v) is 4.68. The highest BCUT2D eigenvalue weighted by atomic mass is 16.4. The Hall–Kier alpha value is -1.85. The van der Waals surface area contributed by atoms with Crippen molar-refractivity contribution in [2.24, 2.45) is 0 Å². The monoisotopic (exact) mass is 251 g/mol. The Balaban J connectivity index is 2.49. The zero-order valence-corrected chi connectivity index (χ0v) is 10.6. The predicted molar refractivity (Wildman–Crippen MR) is 66.8 cm³/mol. The molecule has 1 N–H and O–H groups in total. The molecule has 1 aliphatic heterocycles. The summed E-state index contributed by atoms with van der Waals surface area (Å²) in [5.74, 6) is -0.671. The molecule has 0 aliphatic carbocycles. The maximum absolute atomic E-state index is 12.2. The number of hydrogen-bond acceptors (Lipinski definition) is 4. The van der Waals surface area contributed by atoms with Crippen LogP contribution in [0, 0.1) is 0 Å². The van der Waals surface area contributed by atoms with E-state index in [-0.39, 0.29) is 11.4 Å². The van der Waals surface area contributed by atoms with Crippen LogP contribution >= 0.6 is 0 Å². The van der Waals surface area contributed by atoms with Crippen molar-refractivity contribution in [3.05, 3.63) is 22.7 Å². The quantitative estimate of drug-likeness (QED) is 0.856. The molecule has 0 saturated carbocycles. The van der Waals surface area contributed by atoms with Crippen molar-refractivity contribution in [2.45, 2.75) is 38.8 Å². The SMILES string of the molecule is CCn1ccnc(N2CCCC2(C)C(=O)O)c1=O. The fraction of sp³-hybridized carbons (Fsp3) is 0.583. The summed E-state index contributed by atoms with van der Waals surface area (Å²) < 4.78 is 1.53. The number of rotatable bonds is 3. The lowest BCUT2D eigenvalue weighted by atomic mass is 9.99. The first-order chi connectivity index (χ1) is 8.50. The fourth-order valence-electron chi connectivity index (χ4n) is 2.40. The molecule has 0 spiro atoms. The zero-order valence-electron chi connectivity index (χ0n) is 10.6. The molecule has 0 aromatic carbocycles. The zero-order chi connectivity index (χ0) is 13.3.